The van der Waals surface area contributed by atoms with Crippen molar-refractivity contribution in [2.45, 2.75) is 13.5 Å². The molecule has 0 spiro atoms. The van der Waals surface area contributed by atoms with Gasteiger partial charge in [0.25, 0.3) is 0 Å². The van der Waals surface area contributed by atoms with Gasteiger partial charge in [-0.2, -0.15) is 0 Å². The highest BCUT2D eigenvalue weighted by Crippen LogP contribution is 2.32. The lowest BCUT2D eigenvalue weighted by molar-refractivity contribution is -0.112. The Morgan fingerprint density at radius 2 is 2.00 bits per heavy atom. The Morgan fingerprint density at radius 3 is 2.71 bits per heavy atom. The minimum atomic E-state index is -0.215. The van der Waals surface area contributed by atoms with Crippen LogP contribution >= 0.6 is 0 Å². The molecule has 0 radical (unpaired) electrons. The van der Waals surface area contributed by atoms with Gasteiger partial charge >= 0.3 is 0 Å². The summed E-state index contributed by atoms with van der Waals surface area (Å²) in [6, 6.07) is 8.00. The Labute approximate surface area is 122 Å². The smallest absolute Gasteiger partial charge is 0.190 e. The van der Waals surface area contributed by atoms with E-state index in [0.717, 1.165) is 5.56 Å². The zero-order chi connectivity index (χ0) is 14.8. The van der Waals surface area contributed by atoms with Crippen molar-refractivity contribution in [2.75, 3.05) is 6.61 Å². The molecule has 1 aromatic rings. The van der Waals surface area contributed by atoms with E-state index in [9.17, 15) is 9.59 Å². The van der Waals surface area contributed by atoms with Crippen LogP contribution in [-0.4, -0.2) is 18.7 Å². The number of carbonyl (C=O) groups excluding carboxylic acids is 2. The second kappa shape index (κ2) is 5.40. The molecule has 0 fully saturated rings. The van der Waals surface area contributed by atoms with E-state index in [4.69, 9.17) is 9.47 Å². The number of aldehydes is 1. The van der Waals surface area contributed by atoms with Crippen molar-refractivity contribution in [3.63, 3.8) is 0 Å². The molecule has 0 bridgehead atoms. The van der Waals surface area contributed by atoms with E-state index in [1.165, 1.54) is 11.6 Å². The van der Waals surface area contributed by atoms with Crippen molar-refractivity contribution in [3.05, 3.63) is 70.2 Å². The number of allylic oxidation sites excluding steroid dienone is 3. The minimum Gasteiger partial charge on any atom is -0.485 e. The Kier molecular flexibility index (Phi) is 3.44. The Hall–Kier alpha value is -2.62. The van der Waals surface area contributed by atoms with Gasteiger partial charge in [-0.05, 0) is 24.6 Å². The lowest BCUT2D eigenvalue weighted by Crippen LogP contribution is -2.10. The van der Waals surface area contributed by atoms with Crippen LogP contribution in [0.3, 0.4) is 0 Å². The minimum absolute atomic E-state index is 0.124. The molecule has 1 aliphatic heterocycles. The molecule has 1 heterocycles. The third-order valence-electron chi connectivity index (χ3n) is 3.43. The topological polar surface area (TPSA) is 52.6 Å². The maximum Gasteiger partial charge on any atom is 0.190 e. The van der Waals surface area contributed by atoms with Crippen LogP contribution in [0.2, 0.25) is 0 Å². The SMILES string of the molecule is Cc1ccc(COC2=C3OCC(C=O)=C3C(=O)C=C2)cc1. The first-order valence-corrected chi connectivity index (χ1v) is 6.65. The van der Waals surface area contributed by atoms with Gasteiger partial charge in [-0.3, -0.25) is 9.59 Å². The molecule has 0 aromatic heterocycles. The molecule has 0 N–H and O–H groups in total. The Morgan fingerprint density at radius 1 is 1.24 bits per heavy atom. The molecule has 4 nitrogen and oxygen atoms in total. The number of rotatable bonds is 4. The summed E-state index contributed by atoms with van der Waals surface area (Å²) in [4.78, 5) is 22.8. The van der Waals surface area contributed by atoms with Crippen LogP contribution in [0.4, 0.5) is 0 Å². The molecule has 1 aromatic carbocycles. The van der Waals surface area contributed by atoms with Gasteiger partial charge in [0.15, 0.2) is 17.3 Å². The second-order valence-electron chi connectivity index (χ2n) is 4.97. The molecular weight excluding hydrogens is 268 g/mol. The number of carbonyl (C=O) groups is 2. The van der Waals surface area contributed by atoms with Gasteiger partial charge in [-0.25, -0.2) is 0 Å². The monoisotopic (exact) mass is 282 g/mol. The van der Waals surface area contributed by atoms with Crippen molar-refractivity contribution in [3.8, 4) is 0 Å². The van der Waals surface area contributed by atoms with Crippen LogP contribution in [0.5, 0.6) is 0 Å². The number of benzene rings is 1. The maximum absolute atomic E-state index is 11.8. The first-order valence-electron chi connectivity index (χ1n) is 6.65. The van der Waals surface area contributed by atoms with E-state index >= 15 is 0 Å². The highest BCUT2D eigenvalue weighted by molar-refractivity contribution is 6.12. The van der Waals surface area contributed by atoms with Gasteiger partial charge in [0.1, 0.15) is 19.5 Å². The lowest BCUT2D eigenvalue weighted by Gasteiger charge is -2.14. The summed E-state index contributed by atoms with van der Waals surface area (Å²) in [5.41, 5.74) is 2.91. The van der Waals surface area contributed by atoms with Crippen LogP contribution in [0.15, 0.2) is 59.1 Å². The average molecular weight is 282 g/mol. The average Bonchev–Trinajstić information content (AvgIpc) is 2.93. The van der Waals surface area contributed by atoms with Crippen molar-refractivity contribution in [2.24, 2.45) is 0 Å². The third kappa shape index (κ3) is 2.52. The summed E-state index contributed by atoms with van der Waals surface area (Å²) in [5, 5.41) is 0. The zero-order valence-electron chi connectivity index (χ0n) is 11.6. The van der Waals surface area contributed by atoms with Crippen LogP contribution in [0.1, 0.15) is 11.1 Å². The van der Waals surface area contributed by atoms with E-state index in [2.05, 4.69) is 0 Å². The fourth-order valence-electron chi connectivity index (χ4n) is 2.27. The van der Waals surface area contributed by atoms with Crippen molar-refractivity contribution in [1.29, 1.82) is 0 Å². The van der Waals surface area contributed by atoms with Gasteiger partial charge in [-0.1, -0.05) is 29.8 Å². The fourth-order valence-corrected chi connectivity index (χ4v) is 2.27. The normalized spacial score (nSPS) is 16.9. The molecule has 4 heteroatoms. The van der Waals surface area contributed by atoms with E-state index in [1.54, 1.807) is 6.08 Å². The largest absolute Gasteiger partial charge is 0.485 e. The third-order valence-corrected chi connectivity index (χ3v) is 3.43. The molecule has 0 unspecified atom stereocenters. The van der Waals surface area contributed by atoms with E-state index < -0.39 is 0 Å². The van der Waals surface area contributed by atoms with Crippen LogP contribution < -0.4 is 0 Å². The summed E-state index contributed by atoms with van der Waals surface area (Å²) in [7, 11) is 0. The summed E-state index contributed by atoms with van der Waals surface area (Å²) in [6.07, 6.45) is 3.65. The fraction of sp³-hybridized carbons (Fsp3) is 0.176. The number of ketones is 1. The molecule has 0 saturated carbocycles. The molecule has 21 heavy (non-hydrogen) atoms. The van der Waals surface area contributed by atoms with Crippen LogP contribution in [0, 0.1) is 6.92 Å². The predicted octanol–water partition coefficient (Wildman–Crippen LogP) is 2.39. The number of aryl methyl sites for hydroxylation is 1. The number of hydrogen-bond acceptors (Lipinski definition) is 4. The molecule has 0 saturated heterocycles. The van der Waals surface area contributed by atoms with Crippen molar-refractivity contribution >= 4 is 12.1 Å². The van der Waals surface area contributed by atoms with E-state index in [0.29, 0.717) is 35.6 Å². The standard InChI is InChI=1S/C17H14O4/c1-11-2-4-12(5-3-11)9-20-15-7-6-14(19)16-13(8-18)10-21-17(15)16/h2-8H,9-10H2,1H3. The van der Waals surface area contributed by atoms with Gasteiger partial charge in [0.2, 0.25) is 0 Å². The predicted molar refractivity (Wildman–Crippen MR) is 76.2 cm³/mol. The van der Waals surface area contributed by atoms with Crippen LogP contribution in [0.25, 0.3) is 0 Å². The van der Waals surface area contributed by atoms with E-state index in [1.807, 2.05) is 31.2 Å². The molecule has 0 amide bonds. The summed E-state index contributed by atoms with van der Waals surface area (Å²) in [5.74, 6) is 0.644. The first-order chi connectivity index (χ1) is 10.2. The van der Waals surface area contributed by atoms with Gasteiger partial charge < -0.3 is 9.47 Å². The van der Waals surface area contributed by atoms with E-state index in [-0.39, 0.29) is 12.4 Å². The molecular formula is C17H14O4. The quantitative estimate of drug-likeness (QED) is 0.796. The lowest BCUT2D eigenvalue weighted by atomic mass is 10.0. The maximum atomic E-state index is 11.8. The zero-order valence-corrected chi connectivity index (χ0v) is 11.6. The second-order valence-corrected chi connectivity index (χ2v) is 4.97. The first kappa shape index (κ1) is 13.4. The van der Waals surface area contributed by atoms with Crippen LogP contribution in [-0.2, 0) is 25.7 Å². The molecule has 3 rings (SSSR count). The number of hydrogen-bond donors (Lipinski definition) is 0. The highest BCUT2D eigenvalue weighted by atomic mass is 16.5. The molecule has 2 aliphatic rings. The Bertz CT molecular complexity index is 690. The summed E-state index contributed by atoms with van der Waals surface area (Å²) < 4.78 is 11.2. The summed E-state index contributed by atoms with van der Waals surface area (Å²) in [6.45, 7) is 2.53. The van der Waals surface area contributed by atoms with Gasteiger partial charge in [-0.15, -0.1) is 0 Å². The van der Waals surface area contributed by atoms with Gasteiger partial charge in [0, 0.05) is 5.57 Å². The molecule has 1 aliphatic carbocycles. The van der Waals surface area contributed by atoms with Crippen molar-refractivity contribution in [1.82, 2.24) is 0 Å². The Balaban J connectivity index is 1.82. The van der Waals surface area contributed by atoms with Gasteiger partial charge in [0.05, 0.1) is 5.57 Å². The van der Waals surface area contributed by atoms with Crippen molar-refractivity contribution < 1.29 is 19.1 Å². The highest BCUT2D eigenvalue weighted by Gasteiger charge is 2.31. The number of ether oxygens (including phenoxy) is 2. The molecule has 0 atom stereocenters. The summed E-state index contributed by atoms with van der Waals surface area (Å²) >= 11 is 0. The molecule has 106 valence electrons. The number of fused-ring (bicyclic) bond motifs is 1.